The smallest absolute Gasteiger partial charge is 0.228 e. The van der Waals surface area contributed by atoms with Crippen LogP contribution in [-0.2, 0) is 10.2 Å². The van der Waals surface area contributed by atoms with Gasteiger partial charge in [0.2, 0.25) is 5.91 Å². The molecule has 3 aromatic carbocycles. The highest BCUT2D eigenvalue weighted by atomic mass is 16.5. The average Bonchev–Trinajstić information content (AvgIpc) is 3.46. The second-order valence-corrected chi connectivity index (χ2v) is 7.65. The second-order valence-electron chi connectivity index (χ2n) is 7.65. The van der Waals surface area contributed by atoms with Gasteiger partial charge in [-0.25, -0.2) is 0 Å². The van der Waals surface area contributed by atoms with Crippen LogP contribution in [0.1, 0.15) is 28.7 Å². The van der Waals surface area contributed by atoms with Gasteiger partial charge in [0.15, 0.2) is 0 Å². The number of para-hydroxylation sites is 2. The fourth-order valence-electron chi connectivity index (χ4n) is 4.05. The van der Waals surface area contributed by atoms with Gasteiger partial charge >= 0.3 is 0 Å². The minimum atomic E-state index is -0.270. The zero-order valence-corrected chi connectivity index (χ0v) is 16.5. The third-order valence-corrected chi connectivity index (χ3v) is 5.78. The molecule has 4 rings (SSSR count). The van der Waals surface area contributed by atoms with Gasteiger partial charge in [0.1, 0.15) is 5.75 Å². The minimum absolute atomic E-state index is 0.0330. The van der Waals surface area contributed by atoms with Gasteiger partial charge in [-0.05, 0) is 43.5 Å². The summed E-state index contributed by atoms with van der Waals surface area (Å²) < 4.78 is 5.38. The van der Waals surface area contributed by atoms with Crippen molar-refractivity contribution in [3.63, 3.8) is 0 Å². The molecule has 0 saturated heterocycles. The first kappa shape index (κ1) is 18.3. The number of ether oxygens (including phenoxy) is 1. The molecule has 142 valence electrons. The molecule has 0 aromatic heterocycles. The maximum absolute atomic E-state index is 13.2. The van der Waals surface area contributed by atoms with E-state index in [9.17, 15) is 4.79 Å². The van der Waals surface area contributed by atoms with E-state index in [1.807, 2.05) is 24.3 Å². The number of carbonyl (C=O) groups excluding carboxylic acids is 1. The second kappa shape index (κ2) is 7.16. The van der Waals surface area contributed by atoms with Crippen molar-refractivity contribution in [3.8, 4) is 5.75 Å². The number of hydrogen-bond acceptors (Lipinski definition) is 2. The summed E-state index contributed by atoms with van der Waals surface area (Å²) >= 11 is 0. The van der Waals surface area contributed by atoms with Gasteiger partial charge in [-0.2, -0.15) is 0 Å². The molecular weight excluding hydrogens is 346 g/mol. The highest BCUT2D eigenvalue weighted by molar-refractivity contribution is 5.98. The lowest BCUT2D eigenvalue weighted by molar-refractivity contribution is -0.117. The molecule has 3 aromatic rings. The van der Waals surface area contributed by atoms with Crippen LogP contribution in [0.2, 0.25) is 0 Å². The van der Waals surface area contributed by atoms with Crippen LogP contribution in [0, 0.1) is 19.8 Å². The van der Waals surface area contributed by atoms with Gasteiger partial charge in [-0.3, -0.25) is 4.79 Å². The number of hydrogen-bond donors (Lipinski definition) is 1. The van der Waals surface area contributed by atoms with Gasteiger partial charge in [0.05, 0.1) is 18.7 Å². The summed E-state index contributed by atoms with van der Waals surface area (Å²) in [5.74, 6) is 0.598. The Labute approximate surface area is 166 Å². The lowest BCUT2D eigenvalue weighted by Crippen LogP contribution is -2.22. The Morgan fingerprint density at radius 1 is 0.893 bits per heavy atom. The van der Waals surface area contributed by atoms with E-state index in [0.717, 1.165) is 6.42 Å². The molecule has 1 fully saturated rings. The van der Waals surface area contributed by atoms with Crippen molar-refractivity contribution in [2.75, 3.05) is 12.4 Å². The van der Waals surface area contributed by atoms with Gasteiger partial charge < -0.3 is 10.1 Å². The molecule has 3 heteroatoms. The van der Waals surface area contributed by atoms with E-state index in [1.165, 1.54) is 22.3 Å². The van der Waals surface area contributed by atoms with Crippen molar-refractivity contribution < 1.29 is 9.53 Å². The number of anilines is 1. The maximum Gasteiger partial charge on any atom is 0.228 e. The summed E-state index contributed by atoms with van der Waals surface area (Å²) in [6.45, 7) is 4.17. The van der Waals surface area contributed by atoms with E-state index in [1.54, 1.807) is 7.11 Å². The van der Waals surface area contributed by atoms with E-state index in [-0.39, 0.29) is 17.2 Å². The number of rotatable bonds is 5. The summed E-state index contributed by atoms with van der Waals surface area (Å²) in [6.07, 6.45) is 0.806. The molecule has 1 amide bonds. The summed E-state index contributed by atoms with van der Waals surface area (Å²) in [5, 5.41) is 3.08. The molecule has 0 aliphatic heterocycles. The van der Waals surface area contributed by atoms with E-state index in [4.69, 9.17) is 4.74 Å². The van der Waals surface area contributed by atoms with Crippen molar-refractivity contribution in [1.29, 1.82) is 0 Å². The van der Waals surface area contributed by atoms with Gasteiger partial charge in [-0.15, -0.1) is 0 Å². The molecule has 0 bridgehead atoms. The monoisotopic (exact) mass is 371 g/mol. The van der Waals surface area contributed by atoms with E-state index < -0.39 is 0 Å². The SMILES string of the molecule is COc1ccccc1NC(=O)[C@H]1CC1(c1ccc(C)cc1)c1ccc(C)cc1. The van der Waals surface area contributed by atoms with Gasteiger partial charge in [-0.1, -0.05) is 71.8 Å². The Kier molecular flexibility index (Phi) is 4.68. The van der Waals surface area contributed by atoms with E-state index >= 15 is 0 Å². The highest BCUT2D eigenvalue weighted by Crippen LogP contribution is 2.59. The molecule has 0 heterocycles. The number of amides is 1. The topological polar surface area (TPSA) is 38.3 Å². The first-order chi connectivity index (χ1) is 13.5. The summed E-state index contributed by atoms with van der Waals surface area (Å²) in [4.78, 5) is 13.2. The molecule has 0 spiro atoms. The lowest BCUT2D eigenvalue weighted by atomic mass is 9.85. The van der Waals surface area contributed by atoms with Crippen LogP contribution in [0.25, 0.3) is 0 Å². The molecule has 1 N–H and O–H groups in total. The fraction of sp³-hybridized carbons (Fsp3) is 0.240. The van der Waals surface area contributed by atoms with E-state index in [2.05, 4.69) is 67.7 Å². The van der Waals surface area contributed by atoms with Crippen molar-refractivity contribution in [2.45, 2.75) is 25.7 Å². The first-order valence-corrected chi connectivity index (χ1v) is 9.63. The van der Waals surface area contributed by atoms with Crippen LogP contribution >= 0.6 is 0 Å². The third kappa shape index (κ3) is 3.18. The normalized spacial score (nSPS) is 17.0. The molecule has 28 heavy (non-hydrogen) atoms. The van der Waals surface area contributed by atoms with Crippen LogP contribution < -0.4 is 10.1 Å². The summed E-state index contributed by atoms with van der Waals surface area (Å²) in [6, 6.07) is 24.7. The number of aryl methyl sites for hydroxylation is 2. The largest absolute Gasteiger partial charge is 0.495 e. The predicted molar refractivity (Wildman–Crippen MR) is 113 cm³/mol. The number of nitrogens with one attached hydrogen (secondary N) is 1. The molecular formula is C25H25NO2. The van der Waals surface area contributed by atoms with Crippen molar-refractivity contribution in [3.05, 3.63) is 95.1 Å². The highest BCUT2D eigenvalue weighted by Gasteiger charge is 2.60. The Bertz CT molecular complexity index is 944. The van der Waals surface area contributed by atoms with Crippen LogP contribution in [0.4, 0.5) is 5.69 Å². The van der Waals surface area contributed by atoms with Gasteiger partial charge in [0.25, 0.3) is 0 Å². The fourth-order valence-corrected chi connectivity index (χ4v) is 4.05. The number of benzene rings is 3. The molecule has 1 aliphatic rings. The van der Waals surface area contributed by atoms with Crippen LogP contribution in [0.5, 0.6) is 5.75 Å². The minimum Gasteiger partial charge on any atom is -0.495 e. The van der Waals surface area contributed by atoms with Crippen LogP contribution in [0.15, 0.2) is 72.8 Å². The average molecular weight is 371 g/mol. The number of methoxy groups -OCH3 is 1. The molecule has 0 radical (unpaired) electrons. The predicted octanol–water partition coefficient (Wildman–Crippen LogP) is 5.26. The van der Waals surface area contributed by atoms with Crippen molar-refractivity contribution >= 4 is 11.6 Å². The standard InChI is InChI=1S/C25H25NO2/c1-17-8-12-19(13-9-17)25(20-14-10-18(2)11-15-20)16-21(25)24(27)26-22-6-4-5-7-23(22)28-3/h4-15,21H,16H2,1-3H3,(H,26,27)/t21-/m1/s1. The third-order valence-electron chi connectivity index (χ3n) is 5.78. The van der Waals surface area contributed by atoms with Crippen LogP contribution in [-0.4, -0.2) is 13.0 Å². The molecule has 1 saturated carbocycles. The lowest BCUT2D eigenvalue weighted by Gasteiger charge is -2.20. The first-order valence-electron chi connectivity index (χ1n) is 9.63. The Hall–Kier alpha value is -3.07. The van der Waals surface area contributed by atoms with Crippen molar-refractivity contribution in [1.82, 2.24) is 0 Å². The Morgan fingerprint density at radius 3 is 1.96 bits per heavy atom. The zero-order chi connectivity index (χ0) is 19.7. The maximum atomic E-state index is 13.2. The van der Waals surface area contributed by atoms with E-state index in [0.29, 0.717) is 11.4 Å². The van der Waals surface area contributed by atoms with Crippen LogP contribution in [0.3, 0.4) is 0 Å². The molecule has 0 unspecified atom stereocenters. The van der Waals surface area contributed by atoms with Crippen molar-refractivity contribution in [2.24, 2.45) is 5.92 Å². The summed E-state index contributed by atoms with van der Waals surface area (Å²) in [7, 11) is 1.62. The van der Waals surface area contributed by atoms with Gasteiger partial charge in [0, 0.05) is 5.41 Å². The zero-order valence-electron chi connectivity index (χ0n) is 16.5. The Morgan fingerprint density at radius 2 is 1.43 bits per heavy atom. The summed E-state index contributed by atoms with van der Waals surface area (Å²) in [5.41, 5.74) is 5.28. The molecule has 3 nitrogen and oxygen atoms in total. The molecule has 1 atom stereocenters. The number of carbonyl (C=O) groups is 1. The Balaban J connectivity index is 1.68. The molecule has 1 aliphatic carbocycles. The quantitative estimate of drug-likeness (QED) is 0.665.